The fraction of sp³-hybridized carbons (Fsp3) is 0.429. The quantitative estimate of drug-likeness (QED) is 0.811. The van der Waals surface area contributed by atoms with Gasteiger partial charge < -0.3 is 14.7 Å². The molecule has 0 bridgehead atoms. The molecule has 1 rings (SSSR count). The van der Waals surface area contributed by atoms with Gasteiger partial charge in [-0.3, -0.25) is 9.59 Å². The fourth-order valence-corrected chi connectivity index (χ4v) is 1.65. The molecule has 0 aliphatic heterocycles. The highest BCUT2D eigenvalue weighted by molar-refractivity contribution is 5.94. The second-order valence-electron chi connectivity index (χ2n) is 4.35. The first kappa shape index (κ1) is 15.2. The summed E-state index contributed by atoms with van der Waals surface area (Å²) in [6.45, 7) is 2.51. The van der Waals surface area contributed by atoms with Crippen molar-refractivity contribution >= 4 is 11.9 Å². The van der Waals surface area contributed by atoms with E-state index in [1.807, 2.05) is 6.07 Å². The largest absolute Gasteiger partial charge is 0.481 e. The van der Waals surface area contributed by atoms with Gasteiger partial charge in [0.25, 0.3) is 5.91 Å². The van der Waals surface area contributed by atoms with E-state index in [-0.39, 0.29) is 12.5 Å². The molecule has 0 saturated heterocycles. The van der Waals surface area contributed by atoms with Crippen LogP contribution in [0.25, 0.3) is 0 Å². The summed E-state index contributed by atoms with van der Waals surface area (Å²) in [5.74, 6) is -1.70. The number of hydrogen-bond donors (Lipinski definition) is 1. The number of carboxylic acid groups (broad SMARTS) is 1. The first-order valence-electron chi connectivity index (χ1n) is 6.12. The zero-order chi connectivity index (χ0) is 14.3. The van der Waals surface area contributed by atoms with Crippen LogP contribution in [-0.4, -0.2) is 48.7 Å². The van der Waals surface area contributed by atoms with Crippen LogP contribution in [0.1, 0.15) is 17.3 Å². The Balaban J connectivity index is 2.78. The van der Waals surface area contributed by atoms with Gasteiger partial charge in [-0.15, -0.1) is 0 Å². The van der Waals surface area contributed by atoms with Crippen molar-refractivity contribution in [2.45, 2.75) is 6.92 Å². The van der Waals surface area contributed by atoms with E-state index in [4.69, 9.17) is 9.84 Å². The SMILES string of the molecule is COCCN(CC(C)C(=O)O)C(=O)c1ccccc1. The van der Waals surface area contributed by atoms with Crippen molar-refractivity contribution in [2.24, 2.45) is 5.92 Å². The van der Waals surface area contributed by atoms with Crippen molar-refractivity contribution in [3.05, 3.63) is 35.9 Å². The molecule has 19 heavy (non-hydrogen) atoms. The van der Waals surface area contributed by atoms with Crippen molar-refractivity contribution in [1.82, 2.24) is 4.90 Å². The fourth-order valence-electron chi connectivity index (χ4n) is 1.65. The topological polar surface area (TPSA) is 66.8 Å². The molecule has 0 aliphatic rings. The van der Waals surface area contributed by atoms with E-state index in [2.05, 4.69) is 0 Å². The van der Waals surface area contributed by atoms with E-state index in [1.54, 1.807) is 38.3 Å². The van der Waals surface area contributed by atoms with Gasteiger partial charge in [0.15, 0.2) is 0 Å². The van der Waals surface area contributed by atoms with Gasteiger partial charge in [0.2, 0.25) is 0 Å². The number of carbonyl (C=O) groups is 2. The summed E-state index contributed by atoms with van der Waals surface area (Å²) < 4.78 is 4.96. The molecular formula is C14H19NO4. The Morgan fingerprint density at radius 3 is 2.47 bits per heavy atom. The molecule has 0 radical (unpaired) electrons. The van der Waals surface area contributed by atoms with Crippen LogP contribution in [0.2, 0.25) is 0 Å². The molecule has 1 N–H and O–H groups in total. The Hall–Kier alpha value is -1.88. The summed E-state index contributed by atoms with van der Waals surface area (Å²) in [4.78, 5) is 24.7. The summed E-state index contributed by atoms with van der Waals surface area (Å²) in [5.41, 5.74) is 0.552. The predicted octanol–water partition coefficient (Wildman–Crippen LogP) is 1.50. The summed E-state index contributed by atoms with van der Waals surface area (Å²) in [7, 11) is 1.55. The number of benzene rings is 1. The van der Waals surface area contributed by atoms with Crippen molar-refractivity contribution in [2.75, 3.05) is 26.8 Å². The summed E-state index contributed by atoms with van der Waals surface area (Å²) in [5, 5.41) is 8.94. The van der Waals surface area contributed by atoms with Crippen molar-refractivity contribution in [3.8, 4) is 0 Å². The molecule has 1 atom stereocenters. The zero-order valence-corrected chi connectivity index (χ0v) is 11.2. The van der Waals surface area contributed by atoms with E-state index in [0.717, 1.165) is 0 Å². The minimum atomic E-state index is -0.914. The molecule has 0 fully saturated rings. The van der Waals surface area contributed by atoms with Gasteiger partial charge in [-0.2, -0.15) is 0 Å². The van der Waals surface area contributed by atoms with Gasteiger partial charge in [-0.05, 0) is 12.1 Å². The Kier molecular flexibility index (Phi) is 6.02. The lowest BCUT2D eigenvalue weighted by molar-refractivity contribution is -0.141. The van der Waals surface area contributed by atoms with E-state index >= 15 is 0 Å². The Labute approximate surface area is 112 Å². The second kappa shape index (κ2) is 7.53. The Morgan fingerprint density at radius 2 is 1.95 bits per heavy atom. The van der Waals surface area contributed by atoms with Crippen molar-refractivity contribution in [3.63, 3.8) is 0 Å². The Bertz CT molecular complexity index is 419. The van der Waals surface area contributed by atoms with Crippen molar-refractivity contribution in [1.29, 1.82) is 0 Å². The van der Waals surface area contributed by atoms with Crippen molar-refractivity contribution < 1.29 is 19.4 Å². The van der Waals surface area contributed by atoms with Crippen LogP contribution in [0, 0.1) is 5.92 Å². The smallest absolute Gasteiger partial charge is 0.308 e. The normalized spacial score (nSPS) is 11.9. The third-order valence-corrected chi connectivity index (χ3v) is 2.79. The molecule has 1 amide bonds. The molecule has 1 aromatic rings. The maximum absolute atomic E-state index is 12.3. The molecule has 5 nitrogen and oxygen atoms in total. The van der Waals surface area contributed by atoms with Gasteiger partial charge in [0, 0.05) is 25.8 Å². The molecule has 104 valence electrons. The number of aliphatic carboxylic acids is 1. The van der Waals surface area contributed by atoms with E-state index in [1.165, 1.54) is 4.90 Å². The number of carbonyl (C=O) groups excluding carboxylic acids is 1. The Morgan fingerprint density at radius 1 is 1.32 bits per heavy atom. The lowest BCUT2D eigenvalue weighted by Gasteiger charge is -2.24. The number of methoxy groups -OCH3 is 1. The number of rotatable bonds is 7. The molecule has 1 unspecified atom stereocenters. The number of ether oxygens (including phenoxy) is 1. The van der Waals surface area contributed by atoms with Crippen LogP contribution in [0.15, 0.2) is 30.3 Å². The highest BCUT2D eigenvalue weighted by atomic mass is 16.5. The van der Waals surface area contributed by atoms with Crippen LogP contribution in [0.5, 0.6) is 0 Å². The number of nitrogens with zero attached hydrogens (tertiary/aromatic N) is 1. The van der Waals surface area contributed by atoms with Gasteiger partial charge in [-0.1, -0.05) is 25.1 Å². The average molecular weight is 265 g/mol. The third-order valence-electron chi connectivity index (χ3n) is 2.79. The lowest BCUT2D eigenvalue weighted by atomic mass is 10.1. The second-order valence-corrected chi connectivity index (χ2v) is 4.35. The minimum absolute atomic E-state index is 0.173. The maximum atomic E-state index is 12.3. The number of carboxylic acids is 1. The monoisotopic (exact) mass is 265 g/mol. The molecule has 0 heterocycles. The van der Waals surface area contributed by atoms with Gasteiger partial charge in [-0.25, -0.2) is 0 Å². The first-order chi connectivity index (χ1) is 9.06. The van der Waals surface area contributed by atoms with Crippen LogP contribution >= 0.6 is 0 Å². The molecule has 5 heteroatoms. The number of amides is 1. The molecule has 0 aromatic heterocycles. The molecule has 0 spiro atoms. The predicted molar refractivity (Wildman–Crippen MR) is 71.0 cm³/mol. The maximum Gasteiger partial charge on any atom is 0.308 e. The van der Waals surface area contributed by atoms with Crippen LogP contribution in [0.4, 0.5) is 0 Å². The minimum Gasteiger partial charge on any atom is -0.481 e. The zero-order valence-electron chi connectivity index (χ0n) is 11.2. The van der Waals surface area contributed by atoms with E-state index in [0.29, 0.717) is 18.7 Å². The van der Waals surface area contributed by atoms with Gasteiger partial charge in [0.1, 0.15) is 0 Å². The van der Waals surface area contributed by atoms with Crippen LogP contribution in [-0.2, 0) is 9.53 Å². The van der Waals surface area contributed by atoms with Crippen LogP contribution < -0.4 is 0 Å². The van der Waals surface area contributed by atoms with E-state index < -0.39 is 11.9 Å². The molecule has 1 aromatic carbocycles. The van der Waals surface area contributed by atoms with E-state index in [9.17, 15) is 9.59 Å². The lowest BCUT2D eigenvalue weighted by Crippen LogP contribution is -2.39. The number of hydrogen-bond acceptors (Lipinski definition) is 3. The highest BCUT2D eigenvalue weighted by Gasteiger charge is 2.21. The highest BCUT2D eigenvalue weighted by Crippen LogP contribution is 2.08. The van der Waals surface area contributed by atoms with Gasteiger partial charge >= 0.3 is 5.97 Å². The third kappa shape index (κ3) is 4.71. The summed E-state index contributed by atoms with van der Waals surface area (Å²) in [6, 6.07) is 8.82. The summed E-state index contributed by atoms with van der Waals surface area (Å²) >= 11 is 0. The summed E-state index contributed by atoms with van der Waals surface area (Å²) in [6.07, 6.45) is 0. The first-order valence-corrected chi connectivity index (χ1v) is 6.12. The molecular weight excluding hydrogens is 246 g/mol. The molecule has 0 saturated carbocycles. The van der Waals surface area contributed by atoms with Crippen LogP contribution in [0.3, 0.4) is 0 Å². The standard InChI is InChI=1S/C14H19NO4/c1-11(14(17)18)10-15(8-9-19-2)13(16)12-6-4-3-5-7-12/h3-7,11H,8-10H2,1-2H3,(H,17,18). The van der Waals surface area contributed by atoms with Gasteiger partial charge in [0.05, 0.1) is 12.5 Å². The average Bonchev–Trinajstić information content (AvgIpc) is 2.43. The molecule has 0 aliphatic carbocycles.